The first kappa shape index (κ1) is 12.7. The van der Waals surface area contributed by atoms with Gasteiger partial charge in [-0.05, 0) is 13.0 Å². The van der Waals surface area contributed by atoms with E-state index in [9.17, 15) is 0 Å². The highest BCUT2D eigenvalue weighted by atomic mass is 35.5. The number of aromatic nitrogens is 2. The summed E-state index contributed by atoms with van der Waals surface area (Å²) >= 11 is 5.83. The molecule has 1 aromatic rings. The number of rotatable bonds is 5. The van der Waals surface area contributed by atoms with Crippen LogP contribution in [0.2, 0.25) is 30.8 Å². The van der Waals surface area contributed by atoms with E-state index < -0.39 is 8.07 Å². The van der Waals surface area contributed by atoms with E-state index in [-0.39, 0.29) is 0 Å². The molecule has 0 aliphatic rings. The number of hydrogen-bond donors (Lipinski definition) is 0. The highest BCUT2D eigenvalue weighted by Crippen LogP contribution is 2.11. The van der Waals surface area contributed by atoms with Crippen LogP contribution in [-0.2, 0) is 11.5 Å². The first-order chi connectivity index (χ1) is 6.88. The minimum atomic E-state index is -0.982. The van der Waals surface area contributed by atoms with E-state index in [0.29, 0.717) is 11.9 Å². The molecule has 1 rings (SSSR count). The molecule has 0 amide bonds. The lowest BCUT2D eigenvalue weighted by Gasteiger charge is -2.15. The van der Waals surface area contributed by atoms with Crippen molar-refractivity contribution in [1.29, 1.82) is 0 Å². The molecule has 0 bridgehead atoms. The molecule has 0 N–H and O–H groups in total. The monoisotopic (exact) mass is 246 g/mol. The van der Waals surface area contributed by atoms with Crippen molar-refractivity contribution >= 4 is 19.7 Å². The SMILES string of the molecule is Cc1cn(COCC[Si](C)(C)C)nc1Cl. The second kappa shape index (κ2) is 5.14. The average Bonchev–Trinajstić information content (AvgIpc) is 2.39. The van der Waals surface area contributed by atoms with Crippen LogP contribution < -0.4 is 0 Å². The molecule has 5 heteroatoms. The molecule has 1 heterocycles. The molecule has 15 heavy (non-hydrogen) atoms. The molecule has 0 aromatic carbocycles. The van der Waals surface area contributed by atoms with E-state index in [1.165, 1.54) is 6.04 Å². The lowest BCUT2D eigenvalue weighted by molar-refractivity contribution is 0.0786. The predicted octanol–water partition coefficient (Wildman–Crippen LogP) is 3.16. The third kappa shape index (κ3) is 4.82. The van der Waals surface area contributed by atoms with Crippen LogP contribution in [0.1, 0.15) is 5.56 Å². The Labute approximate surface area is 97.4 Å². The average molecular weight is 247 g/mol. The van der Waals surface area contributed by atoms with E-state index in [1.807, 2.05) is 13.1 Å². The Morgan fingerprint density at radius 1 is 1.47 bits per heavy atom. The maximum atomic E-state index is 5.83. The second-order valence-corrected chi connectivity index (χ2v) is 11.0. The van der Waals surface area contributed by atoms with Crippen LogP contribution in [0.4, 0.5) is 0 Å². The predicted molar refractivity (Wildman–Crippen MR) is 66.1 cm³/mol. The smallest absolute Gasteiger partial charge is 0.154 e. The van der Waals surface area contributed by atoms with Crippen molar-refractivity contribution in [3.63, 3.8) is 0 Å². The molecule has 1 aromatic heterocycles. The van der Waals surface area contributed by atoms with Gasteiger partial charge in [0.1, 0.15) is 6.73 Å². The molecule has 0 radical (unpaired) electrons. The molecule has 0 saturated heterocycles. The van der Waals surface area contributed by atoms with E-state index in [2.05, 4.69) is 24.7 Å². The standard InChI is InChI=1S/C10H19ClN2OSi/c1-9-7-13(12-10(9)11)8-14-5-6-15(2,3)4/h7H,5-6,8H2,1-4H3. The molecule has 0 aliphatic carbocycles. The summed E-state index contributed by atoms with van der Waals surface area (Å²) in [7, 11) is -0.982. The summed E-state index contributed by atoms with van der Waals surface area (Å²) < 4.78 is 7.28. The fraction of sp³-hybridized carbons (Fsp3) is 0.700. The topological polar surface area (TPSA) is 27.1 Å². The van der Waals surface area contributed by atoms with Crippen molar-refractivity contribution in [2.45, 2.75) is 39.3 Å². The molecule has 0 fully saturated rings. The zero-order chi connectivity index (χ0) is 11.5. The van der Waals surface area contributed by atoms with Crippen LogP contribution in [0.3, 0.4) is 0 Å². The summed E-state index contributed by atoms with van der Waals surface area (Å²) in [5, 5.41) is 4.67. The third-order valence-corrected chi connectivity index (χ3v) is 4.18. The van der Waals surface area contributed by atoms with Gasteiger partial charge in [0.15, 0.2) is 5.15 Å². The third-order valence-electron chi connectivity index (χ3n) is 2.10. The second-order valence-electron chi connectivity index (χ2n) is 4.99. The highest BCUT2D eigenvalue weighted by Gasteiger charge is 2.12. The Kier molecular flexibility index (Phi) is 4.37. The van der Waals surface area contributed by atoms with Gasteiger partial charge in [-0.2, -0.15) is 5.10 Å². The van der Waals surface area contributed by atoms with Gasteiger partial charge in [0.2, 0.25) is 0 Å². The Morgan fingerprint density at radius 3 is 2.60 bits per heavy atom. The normalized spacial score (nSPS) is 12.1. The van der Waals surface area contributed by atoms with Gasteiger partial charge in [-0.25, -0.2) is 4.68 Å². The summed E-state index contributed by atoms with van der Waals surface area (Å²) in [6, 6.07) is 1.18. The van der Waals surface area contributed by atoms with Crippen LogP contribution in [0.15, 0.2) is 6.20 Å². The minimum absolute atomic E-state index is 0.498. The fourth-order valence-electron chi connectivity index (χ4n) is 1.10. The van der Waals surface area contributed by atoms with Gasteiger partial charge in [0.25, 0.3) is 0 Å². The van der Waals surface area contributed by atoms with Gasteiger partial charge in [-0.15, -0.1) is 0 Å². The van der Waals surface area contributed by atoms with E-state index >= 15 is 0 Å². The van der Waals surface area contributed by atoms with Crippen molar-refractivity contribution in [3.8, 4) is 0 Å². The minimum Gasteiger partial charge on any atom is -0.360 e. The Balaban J connectivity index is 2.26. The lowest BCUT2D eigenvalue weighted by atomic mass is 10.4. The van der Waals surface area contributed by atoms with E-state index in [4.69, 9.17) is 16.3 Å². The van der Waals surface area contributed by atoms with Crippen molar-refractivity contribution in [3.05, 3.63) is 16.9 Å². The van der Waals surface area contributed by atoms with Gasteiger partial charge in [0, 0.05) is 26.4 Å². The molecular weight excluding hydrogens is 228 g/mol. The summed E-state index contributed by atoms with van der Waals surface area (Å²) in [4.78, 5) is 0. The quantitative estimate of drug-likeness (QED) is 0.590. The van der Waals surface area contributed by atoms with Crippen LogP contribution in [0, 0.1) is 6.92 Å². The number of ether oxygens (including phenoxy) is 1. The van der Waals surface area contributed by atoms with Gasteiger partial charge in [-0.3, -0.25) is 0 Å². The molecule has 86 valence electrons. The summed E-state index contributed by atoms with van der Waals surface area (Å²) in [6.07, 6.45) is 1.90. The zero-order valence-electron chi connectivity index (χ0n) is 9.88. The fourth-order valence-corrected chi connectivity index (χ4v) is 2.00. The van der Waals surface area contributed by atoms with Crippen molar-refractivity contribution in [1.82, 2.24) is 9.78 Å². The van der Waals surface area contributed by atoms with Crippen LogP contribution >= 0.6 is 11.6 Å². The maximum Gasteiger partial charge on any atom is 0.154 e. The Morgan fingerprint density at radius 2 is 2.13 bits per heavy atom. The number of nitrogens with zero attached hydrogens (tertiary/aromatic N) is 2. The first-order valence-corrected chi connectivity index (χ1v) is 9.24. The maximum absolute atomic E-state index is 5.83. The molecule has 0 unspecified atom stereocenters. The molecule has 0 saturated carbocycles. The number of hydrogen-bond acceptors (Lipinski definition) is 2. The van der Waals surface area contributed by atoms with Crippen molar-refractivity contribution in [2.75, 3.05) is 6.61 Å². The summed E-state index contributed by atoms with van der Waals surface area (Å²) in [5.74, 6) is 0. The first-order valence-electron chi connectivity index (χ1n) is 5.16. The van der Waals surface area contributed by atoms with Crippen molar-refractivity contribution < 1.29 is 4.74 Å². The number of aryl methyl sites for hydroxylation is 1. The molecule has 0 aliphatic heterocycles. The molecule has 3 nitrogen and oxygen atoms in total. The van der Waals surface area contributed by atoms with E-state index in [1.54, 1.807) is 4.68 Å². The summed E-state index contributed by atoms with van der Waals surface area (Å²) in [5.41, 5.74) is 0.991. The Hall–Kier alpha value is -0.323. The summed E-state index contributed by atoms with van der Waals surface area (Å²) in [6.45, 7) is 10.3. The zero-order valence-corrected chi connectivity index (χ0v) is 11.6. The number of halogens is 1. The largest absolute Gasteiger partial charge is 0.360 e. The molecular formula is C10H19ClN2OSi. The van der Waals surface area contributed by atoms with Gasteiger partial charge in [0.05, 0.1) is 0 Å². The van der Waals surface area contributed by atoms with Crippen LogP contribution in [-0.4, -0.2) is 24.5 Å². The van der Waals surface area contributed by atoms with Gasteiger partial charge >= 0.3 is 0 Å². The van der Waals surface area contributed by atoms with Crippen LogP contribution in [0.5, 0.6) is 0 Å². The van der Waals surface area contributed by atoms with Gasteiger partial charge in [-0.1, -0.05) is 31.2 Å². The van der Waals surface area contributed by atoms with Gasteiger partial charge < -0.3 is 4.74 Å². The lowest BCUT2D eigenvalue weighted by Crippen LogP contribution is -2.22. The molecule has 0 spiro atoms. The van der Waals surface area contributed by atoms with Crippen LogP contribution in [0.25, 0.3) is 0 Å². The van der Waals surface area contributed by atoms with Crippen molar-refractivity contribution in [2.24, 2.45) is 0 Å². The Bertz CT molecular complexity index is 300. The highest BCUT2D eigenvalue weighted by molar-refractivity contribution is 6.76. The van der Waals surface area contributed by atoms with E-state index in [0.717, 1.165) is 12.2 Å². The molecule has 0 atom stereocenters.